The zero-order chi connectivity index (χ0) is 21.0. The highest BCUT2D eigenvalue weighted by molar-refractivity contribution is 6.04. The van der Waals surface area contributed by atoms with E-state index in [1.807, 2.05) is 12.1 Å². The Labute approximate surface area is 173 Å². The number of carbonyl (C=O) groups is 2. The number of hydrogen-bond donors (Lipinski definition) is 0. The first kappa shape index (κ1) is 18.6. The van der Waals surface area contributed by atoms with Gasteiger partial charge in [0.2, 0.25) is 6.79 Å². The van der Waals surface area contributed by atoms with Gasteiger partial charge >= 0.3 is 5.97 Å². The molecule has 30 heavy (non-hydrogen) atoms. The summed E-state index contributed by atoms with van der Waals surface area (Å²) < 4.78 is 27.1. The van der Waals surface area contributed by atoms with Gasteiger partial charge in [-0.2, -0.15) is 0 Å². The summed E-state index contributed by atoms with van der Waals surface area (Å²) in [5, 5.41) is 0. The molecule has 3 heterocycles. The zero-order valence-electron chi connectivity index (χ0n) is 16.9. The van der Waals surface area contributed by atoms with Gasteiger partial charge in [-0.05, 0) is 41.3 Å². The molecule has 0 N–H and O–H groups in total. The molecule has 0 saturated heterocycles. The first-order valence-corrected chi connectivity index (χ1v) is 9.65. The van der Waals surface area contributed by atoms with Crippen LogP contribution in [0.3, 0.4) is 0 Å². The molecule has 0 radical (unpaired) electrons. The second-order valence-electron chi connectivity index (χ2n) is 7.36. The van der Waals surface area contributed by atoms with Gasteiger partial charge in [-0.15, -0.1) is 0 Å². The van der Waals surface area contributed by atoms with Gasteiger partial charge in [0.15, 0.2) is 23.0 Å². The summed E-state index contributed by atoms with van der Waals surface area (Å²) >= 11 is 0. The van der Waals surface area contributed by atoms with Crippen LogP contribution in [0.4, 0.5) is 0 Å². The first-order chi connectivity index (χ1) is 14.6. The van der Waals surface area contributed by atoms with Gasteiger partial charge in [0.25, 0.3) is 5.91 Å². The van der Waals surface area contributed by atoms with Crippen molar-refractivity contribution in [3.8, 4) is 23.0 Å². The summed E-state index contributed by atoms with van der Waals surface area (Å²) in [4.78, 5) is 28.3. The SMILES string of the molecule is COC(=O)C1c2ccc(OC)c(OC)c2C(=O)N2CCc3cc4c(cc3C12)OCO4. The Hall–Kier alpha value is -3.42. The number of fused-ring (bicyclic) bond motifs is 5. The molecule has 0 aliphatic carbocycles. The number of methoxy groups -OCH3 is 3. The first-order valence-electron chi connectivity index (χ1n) is 9.65. The van der Waals surface area contributed by atoms with E-state index in [1.165, 1.54) is 21.3 Å². The van der Waals surface area contributed by atoms with Crippen LogP contribution >= 0.6 is 0 Å². The molecule has 8 heteroatoms. The summed E-state index contributed by atoms with van der Waals surface area (Å²) in [5.41, 5.74) is 2.81. The molecule has 0 spiro atoms. The van der Waals surface area contributed by atoms with Crippen molar-refractivity contribution in [2.24, 2.45) is 0 Å². The lowest BCUT2D eigenvalue weighted by Gasteiger charge is -2.45. The van der Waals surface area contributed by atoms with Crippen molar-refractivity contribution in [3.63, 3.8) is 0 Å². The van der Waals surface area contributed by atoms with Crippen LogP contribution in [0.5, 0.6) is 23.0 Å². The molecule has 1 amide bonds. The molecule has 5 rings (SSSR count). The van der Waals surface area contributed by atoms with E-state index in [0.717, 1.165) is 11.1 Å². The van der Waals surface area contributed by atoms with Gasteiger partial charge in [0.05, 0.1) is 32.9 Å². The second-order valence-corrected chi connectivity index (χ2v) is 7.36. The number of hydrogen-bond acceptors (Lipinski definition) is 7. The third kappa shape index (κ3) is 2.46. The van der Waals surface area contributed by atoms with Crippen LogP contribution in [0.1, 0.15) is 39.0 Å². The van der Waals surface area contributed by atoms with Crippen molar-refractivity contribution in [3.05, 3.63) is 46.5 Å². The summed E-state index contributed by atoms with van der Waals surface area (Å²) in [5.74, 6) is 0.736. The zero-order valence-corrected chi connectivity index (χ0v) is 16.9. The normalized spacial score (nSPS) is 20.8. The molecule has 2 aromatic carbocycles. The van der Waals surface area contributed by atoms with Crippen molar-refractivity contribution in [1.29, 1.82) is 0 Å². The van der Waals surface area contributed by atoms with E-state index in [4.69, 9.17) is 23.7 Å². The van der Waals surface area contributed by atoms with Crippen LogP contribution in [0.25, 0.3) is 0 Å². The molecule has 3 aliphatic heterocycles. The fourth-order valence-corrected chi connectivity index (χ4v) is 4.75. The number of esters is 1. The van der Waals surface area contributed by atoms with E-state index in [1.54, 1.807) is 17.0 Å². The smallest absolute Gasteiger partial charge is 0.315 e. The predicted molar refractivity (Wildman–Crippen MR) is 104 cm³/mol. The third-order valence-electron chi connectivity index (χ3n) is 6.07. The van der Waals surface area contributed by atoms with Crippen molar-refractivity contribution in [2.45, 2.75) is 18.4 Å². The lowest BCUT2D eigenvalue weighted by Crippen LogP contribution is -2.48. The minimum absolute atomic E-state index is 0.159. The minimum atomic E-state index is -0.707. The number of carbonyl (C=O) groups excluding carboxylic acids is 2. The van der Waals surface area contributed by atoms with Gasteiger partial charge in [0, 0.05) is 6.54 Å². The molecule has 3 aliphatic rings. The van der Waals surface area contributed by atoms with E-state index < -0.39 is 17.9 Å². The van der Waals surface area contributed by atoms with Crippen LogP contribution < -0.4 is 18.9 Å². The summed E-state index contributed by atoms with van der Waals surface area (Å²) in [6.07, 6.45) is 0.643. The standard InChI is InChI=1S/C22H21NO7/c1-26-14-5-4-12-17(22(25)28-3)19-13-9-16-15(29-10-30-16)8-11(13)6-7-23(19)21(24)18(12)20(14)27-2/h4-5,8-9,17,19H,6-7,10H2,1-3H3. The molecule has 2 aromatic rings. The fraction of sp³-hybridized carbons (Fsp3) is 0.364. The minimum Gasteiger partial charge on any atom is -0.493 e. The van der Waals surface area contributed by atoms with E-state index >= 15 is 0 Å². The Bertz CT molecular complexity index is 1060. The Morgan fingerprint density at radius 2 is 1.83 bits per heavy atom. The van der Waals surface area contributed by atoms with E-state index in [-0.39, 0.29) is 12.7 Å². The number of amides is 1. The van der Waals surface area contributed by atoms with Gasteiger partial charge < -0.3 is 28.6 Å². The Morgan fingerprint density at radius 1 is 1.07 bits per heavy atom. The summed E-state index contributed by atoms with van der Waals surface area (Å²) in [6.45, 7) is 0.620. The van der Waals surface area contributed by atoms with Gasteiger partial charge in [-0.1, -0.05) is 6.07 Å². The molecule has 156 valence electrons. The number of rotatable bonds is 3. The fourth-order valence-electron chi connectivity index (χ4n) is 4.75. The topological polar surface area (TPSA) is 83.5 Å². The van der Waals surface area contributed by atoms with Crippen molar-refractivity contribution in [1.82, 2.24) is 4.90 Å². The predicted octanol–water partition coefficient (Wildman–Crippen LogP) is 2.44. The second kappa shape index (κ2) is 6.83. The lowest BCUT2D eigenvalue weighted by atomic mass is 9.75. The van der Waals surface area contributed by atoms with Crippen LogP contribution in [-0.4, -0.2) is 51.4 Å². The average Bonchev–Trinajstić information content (AvgIpc) is 3.23. The molecule has 0 bridgehead atoms. The maximum Gasteiger partial charge on any atom is 0.315 e. The van der Waals surface area contributed by atoms with E-state index in [0.29, 0.717) is 47.1 Å². The maximum absolute atomic E-state index is 13.6. The van der Waals surface area contributed by atoms with Crippen LogP contribution in [0.15, 0.2) is 24.3 Å². The summed E-state index contributed by atoms with van der Waals surface area (Å²) in [7, 11) is 4.35. The van der Waals surface area contributed by atoms with Gasteiger partial charge in [0.1, 0.15) is 5.92 Å². The molecule has 0 saturated carbocycles. The highest BCUT2D eigenvalue weighted by Gasteiger charge is 2.49. The maximum atomic E-state index is 13.6. The van der Waals surface area contributed by atoms with Crippen molar-refractivity contribution in [2.75, 3.05) is 34.7 Å². The Kier molecular flexibility index (Phi) is 4.23. The van der Waals surface area contributed by atoms with E-state index in [9.17, 15) is 9.59 Å². The molecule has 0 fully saturated rings. The molecule has 2 unspecified atom stereocenters. The monoisotopic (exact) mass is 411 g/mol. The highest BCUT2D eigenvalue weighted by Crippen LogP contribution is 2.51. The quantitative estimate of drug-likeness (QED) is 0.718. The number of benzene rings is 2. The van der Waals surface area contributed by atoms with Gasteiger partial charge in [-0.3, -0.25) is 9.59 Å². The Morgan fingerprint density at radius 3 is 2.53 bits per heavy atom. The highest BCUT2D eigenvalue weighted by atomic mass is 16.7. The van der Waals surface area contributed by atoms with Gasteiger partial charge in [-0.25, -0.2) is 0 Å². The lowest BCUT2D eigenvalue weighted by molar-refractivity contribution is -0.144. The molecule has 2 atom stereocenters. The summed E-state index contributed by atoms with van der Waals surface area (Å²) in [6, 6.07) is 6.77. The van der Waals surface area contributed by atoms with Crippen molar-refractivity contribution >= 4 is 11.9 Å². The molecule has 8 nitrogen and oxygen atoms in total. The number of nitrogens with zero attached hydrogens (tertiary/aromatic N) is 1. The Balaban J connectivity index is 1.75. The molecular formula is C22H21NO7. The molecular weight excluding hydrogens is 390 g/mol. The van der Waals surface area contributed by atoms with Crippen LogP contribution in [-0.2, 0) is 16.0 Å². The largest absolute Gasteiger partial charge is 0.493 e. The average molecular weight is 411 g/mol. The van der Waals surface area contributed by atoms with Crippen LogP contribution in [0, 0.1) is 0 Å². The molecule has 0 aromatic heterocycles. The third-order valence-corrected chi connectivity index (χ3v) is 6.07. The van der Waals surface area contributed by atoms with Crippen LogP contribution in [0.2, 0.25) is 0 Å². The van der Waals surface area contributed by atoms with Crippen molar-refractivity contribution < 1.29 is 33.3 Å². The number of ether oxygens (including phenoxy) is 5. The van der Waals surface area contributed by atoms with E-state index in [2.05, 4.69) is 0 Å².